The average molecular weight is 371 g/mol. The molecule has 8 heteroatoms. The van der Waals surface area contributed by atoms with Gasteiger partial charge in [0.05, 0.1) is 12.1 Å². The van der Waals surface area contributed by atoms with E-state index in [9.17, 15) is 4.79 Å². The molecule has 0 N–H and O–H groups in total. The topological polar surface area (TPSA) is 55.4 Å². The van der Waals surface area contributed by atoms with Crippen LogP contribution in [0.1, 0.15) is 29.2 Å². The minimum Gasteiger partial charge on any atom is -0.289 e. The molecule has 4 aromatic rings. The van der Waals surface area contributed by atoms with Crippen LogP contribution >= 0.6 is 22.7 Å². The van der Waals surface area contributed by atoms with Crippen molar-refractivity contribution in [2.45, 2.75) is 25.9 Å². The molecule has 4 aromatic heterocycles. The molecule has 1 aliphatic rings. The molecule has 0 amide bonds. The molecule has 6 nitrogen and oxygen atoms in total. The van der Waals surface area contributed by atoms with Gasteiger partial charge in [-0.25, -0.2) is 0 Å². The molecular formula is C17H17N5OS2. The molecule has 0 saturated heterocycles. The van der Waals surface area contributed by atoms with Crippen LogP contribution in [0, 0.1) is 0 Å². The van der Waals surface area contributed by atoms with Gasteiger partial charge in [0, 0.05) is 24.5 Å². The highest BCUT2D eigenvalue weighted by Crippen LogP contribution is 2.33. The van der Waals surface area contributed by atoms with E-state index in [-0.39, 0.29) is 5.56 Å². The molecule has 25 heavy (non-hydrogen) atoms. The summed E-state index contributed by atoms with van der Waals surface area (Å²) < 4.78 is 4.37. The van der Waals surface area contributed by atoms with E-state index < -0.39 is 0 Å². The molecule has 0 radical (unpaired) electrons. The van der Waals surface area contributed by atoms with Crippen molar-refractivity contribution in [1.82, 2.24) is 24.1 Å². The van der Waals surface area contributed by atoms with Gasteiger partial charge in [-0.2, -0.15) is 0 Å². The number of rotatable bonds is 2. The maximum Gasteiger partial charge on any atom is 0.272 e. The van der Waals surface area contributed by atoms with Gasteiger partial charge in [-0.1, -0.05) is 0 Å². The number of hydrogen-bond acceptors (Lipinski definition) is 6. The molecule has 1 aliphatic heterocycles. The summed E-state index contributed by atoms with van der Waals surface area (Å²) in [5.74, 6) is 1.49. The zero-order chi connectivity index (χ0) is 17.1. The van der Waals surface area contributed by atoms with Crippen molar-refractivity contribution in [2.75, 3.05) is 6.54 Å². The lowest BCUT2D eigenvalue weighted by molar-refractivity contribution is 0.186. The smallest absolute Gasteiger partial charge is 0.272 e. The van der Waals surface area contributed by atoms with Crippen molar-refractivity contribution in [3.05, 3.63) is 49.5 Å². The van der Waals surface area contributed by atoms with E-state index in [1.807, 2.05) is 27.2 Å². The van der Waals surface area contributed by atoms with Crippen LogP contribution in [0.25, 0.3) is 16.0 Å². The van der Waals surface area contributed by atoms with Crippen molar-refractivity contribution in [3.8, 4) is 0 Å². The second-order valence-corrected chi connectivity index (χ2v) is 8.36. The van der Waals surface area contributed by atoms with Gasteiger partial charge < -0.3 is 0 Å². The molecule has 0 fully saturated rings. The average Bonchev–Trinajstić information content (AvgIpc) is 3.33. The Hall–Kier alpha value is -2.03. The third-order valence-corrected chi connectivity index (χ3v) is 7.03. The predicted molar refractivity (Wildman–Crippen MR) is 100 cm³/mol. The van der Waals surface area contributed by atoms with Gasteiger partial charge in [0.25, 0.3) is 5.56 Å². The zero-order valence-corrected chi connectivity index (χ0v) is 15.6. The fraction of sp³-hybridized carbons (Fsp3) is 0.353. The van der Waals surface area contributed by atoms with Gasteiger partial charge in [-0.15, -0.1) is 32.9 Å². The molecule has 0 aromatic carbocycles. The number of aromatic nitrogens is 4. The Morgan fingerprint density at radius 3 is 2.96 bits per heavy atom. The fourth-order valence-electron chi connectivity index (χ4n) is 3.71. The Morgan fingerprint density at radius 2 is 2.08 bits per heavy atom. The molecular weight excluding hydrogens is 354 g/mol. The summed E-state index contributed by atoms with van der Waals surface area (Å²) in [6.07, 6.45) is 1.08. The predicted octanol–water partition coefficient (Wildman–Crippen LogP) is 2.82. The molecule has 5 rings (SSSR count). The van der Waals surface area contributed by atoms with Crippen LogP contribution in [-0.2, 0) is 20.0 Å². The maximum atomic E-state index is 12.4. The molecule has 5 heterocycles. The van der Waals surface area contributed by atoms with Crippen molar-refractivity contribution < 1.29 is 0 Å². The van der Waals surface area contributed by atoms with E-state index in [4.69, 9.17) is 0 Å². The van der Waals surface area contributed by atoms with E-state index >= 15 is 0 Å². The lowest BCUT2D eigenvalue weighted by Gasteiger charge is -2.32. The van der Waals surface area contributed by atoms with Gasteiger partial charge in [-0.05, 0) is 41.8 Å². The largest absolute Gasteiger partial charge is 0.289 e. The van der Waals surface area contributed by atoms with Crippen LogP contribution in [-0.4, -0.2) is 30.6 Å². The van der Waals surface area contributed by atoms with Crippen LogP contribution in [0.4, 0.5) is 0 Å². The van der Waals surface area contributed by atoms with E-state index in [1.165, 1.54) is 21.8 Å². The van der Waals surface area contributed by atoms with Crippen LogP contribution in [0.2, 0.25) is 0 Å². The SMILES string of the molecule is CC1c2ccsc2CCN1Cc1nnc2n(C)c(=O)c3sccc3n12. The lowest BCUT2D eigenvalue weighted by Crippen LogP contribution is -2.33. The van der Waals surface area contributed by atoms with Crippen molar-refractivity contribution in [3.63, 3.8) is 0 Å². The number of fused-ring (bicyclic) bond motifs is 4. The Balaban J connectivity index is 1.62. The van der Waals surface area contributed by atoms with E-state index in [0.717, 1.165) is 35.6 Å². The molecule has 1 atom stereocenters. The molecule has 0 saturated carbocycles. The summed E-state index contributed by atoms with van der Waals surface area (Å²) in [5.41, 5.74) is 2.33. The first-order valence-electron chi connectivity index (χ1n) is 8.25. The fourth-order valence-corrected chi connectivity index (χ4v) is 5.53. The van der Waals surface area contributed by atoms with Gasteiger partial charge in [0.15, 0.2) is 5.82 Å². The molecule has 128 valence electrons. The van der Waals surface area contributed by atoms with E-state index in [0.29, 0.717) is 11.8 Å². The summed E-state index contributed by atoms with van der Waals surface area (Å²) in [6, 6.07) is 4.59. The van der Waals surface area contributed by atoms with Crippen molar-refractivity contribution in [1.29, 1.82) is 0 Å². The standard InChI is InChI=1S/C17H17N5OS2/c1-10-11-4-7-24-13(11)3-6-21(10)9-14-18-19-17-20(2)16(23)15-12(22(14)17)5-8-25-15/h4-5,7-8,10H,3,6,9H2,1-2H3. The second-order valence-electron chi connectivity index (χ2n) is 6.45. The number of aryl methyl sites for hydroxylation is 1. The lowest BCUT2D eigenvalue weighted by atomic mass is 10.0. The highest BCUT2D eigenvalue weighted by Gasteiger charge is 2.26. The Labute approximate surface area is 152 Å². The highest BCUT2D eigenvalue weighted by molar-refractivity contribution is 7.17. The Bertz CT molecular complexity index is 1150. The minimum atomic E-state index is -0.00861. The van der Waals surface area contributed by atoms with E-state index in [2.05, 4.69) is 33.5 Å². The first-order valence-corrected chi connectivity index (χ1v) is 10.0. The second kappa shape index (κ2) is 5.48. The van der Waals surface area contributed by atoms with Gasteiger partial charge in [0.1, 0.15) is 4.70 Å². The first kappa shape index (κ1) is 15.2. The van der Waals surface area contributed by atoms with E-state index in [1.54, 1.807) is 11.6 Å². The number of thiophene rings is 2. The maximum absolute atomic E-state index is 12.4. The Kier molecular flexibility index (Phi) is 3.34. The normalized spacial score (nSPS) is 18.2. The molecule has 1 unspecified atom stereocenters. The van der Waals surface area contributed by atoms with Crippen molar-refractivity contribution >= 4 is 38.7 Å². The molecule has 0 bridgehead atoms. The molecule has 0 spiro atoms. The van der Waals surface area contributed by atoms with Crippen LogP contribution in [0.3, 0.4) is 0 Å². The van der Waals surface area contributed by atoms with Gasteiger partial charge in [0.2, 0.25) is 5.78 Å². The van der Waals surface area contributed by atoms with Crippen LogP contribution in [0.15, 0.2) is 27.7 Å². The quantitative estimate of drug-likeness (QED) is 0.544. The van der Waals surface area contributed by atoms with Crippen LogP contribution < -0.4 is 5.56 Å². The van der Waals surface area contributed by atoms with Crippen molar-refractivity contribution in [2.24, 2.45) is 7.05 Å². The third-order valence-electron chi connectivity index (χ3n) is 5.15. The number of nitrogens with zero attached hydrogens (tertiary/aromatic N) is 5. The number of hydrogen-bond donors (Lipinski definition) is 0. The third kappa shape index (κ3) is 2.14. The summed E-state index contributed by atoms with van der Waals surface area (Å²) >= 11 is 3.32. The zero-order valence-electron chi connectivity index (χ0n) is 14.0. The minimum absolute atomic E-state index is 0.00861. The first-order chi connectivity index (χ1) is 12.1. The van der Waals surface area contributed by atoms with Gasteiger partial charge in [-0.3, -0.25) is 18.7 Å². The monoisotopic (exact) mass is 371 g/mol. The highest BCUT2D eigenvalue weighted by atomic mass is 32.1. The molecule has 0 aliphatic carbocycles. The van der Waals surface area contributed by atoms with Gasteiger partial charge >= 0.3 is 0 Å². The summed E-state index contributed by atoms with van der Waals surface area (Å²) in [4.78, 5) is 16.4. The Morgan fingerprint density at radius 1 is 1.24 bits per heavy atom. The summed E-state index contributed by atoms with van der Waals surface area (Å²) in [7, 11) is 1.76. The summed E-state index contributed by atoms with van der Waals surface area (Å²) in [6.45, 7) is 3.99. The van der Waals surface area contributed by atoms with Crippen LogP contribution in [0.5, 0.6) is 0 Å². The summed E-state index contributed by atoms with van der Waals surface area (Å²) in [5, 5.41) is 12.8.